The second kappa shape index (κ2) is 4.61. The number of aliphatic carboxylic acids is 1. The largest absolute Gasteiger partial charge is 0.508 e. The lowest BCUT2D eigenvalue weighted by Gasteiger charge is -2.10. The Morgan fingerprint density at radius 2 is 2.19 bits per heavy atom. The van der Waals surface area contributed by atoms with Crippen molar-refractivity contribution < 1.29 is 19.9 Å². The maximum absolute atomic E-state index is 10.9. The summed E-state index contributed by atoms with van der Waals surface area (Å²) in [7, 11) is 0. The Morgan fingerprint density at radius 1 is 1.56 bits per heavy atom. The molecule has 0 saturated heterocycles. The molecule has 1 atom stereocenters. The van der Waals surface area contributed by atoms with E-state index < -0.39 is 16.8 Å². The van der Waals surface area contributed by atoms with Crippen LogP contribution in [0.1, 0.15) is 24.8 Å². The quantitative estimate of drug-likeness (QED) is 0.601. The van der Waals surface area contributed by atoms with Gasteiger partial charge in [-0.05, 0) is 18.6 Å². The Kier molecular flexibility index (Phi) is 3.44. The minimum Gasteiger partial charge on any atom is -0.508 e. The van der Waals surface area contributed by atoms with Gasteiger partial charge in [-0.3, -0.25) is 14.9 Å². The maximum atomic E-state index is 10.9. The van der Waals surface area contributed by atoms with Crippen LogP contribution in [0.2, 0.25) is 0 Å². The van der Waals surface area contributed by atoms with Crippen LogP contribution < -0.4 is 0 Å². The van der Waals surface area contributed by atoms with Crippen molar-refractivity contribution >= 4 is 11.7 Å². The molecular formula is C10H11NO5. The molecule has 1 aromatic carbocycles. The van der Waals surface area contributed by atoms with Crippen molar-refractivity contribution in [2.45, 2.75) is 19.3 Å². The van der Waals surface area contributed by atoms with Crippen LogP contribution in [0.4, 0.5) is 5.69 Å². The fourth-order valence-electron chi connectivity index (χ4n) is 1.51. The second-order valence-electron chi connectivity index (χ2n) is 3.30. The molecule has 0 heterocycles. The molecule has 1 unspecified atom stereocenters. The van der Waals surface area contributed by atoms with E-state index in [1.54, 1.807) is 6.92 Å². The number of hydrogen-bond donors (Lipinski definition) is 2. The van der Waals surface area contributed by atoms with E-state index >= 15 is 0 Å². The molecule has 86 valence electrons. The smallest absolute Gasteiger partial charge is 0.311 e. The molecule has 6 nitrogen and oxygen atoms in total. The fraction of sp³-hybridized carbons (Fsp3) is 0.300. The van der Waals surface area contributed by atoms with Crippen LogP contribution in [0, 0.1) is 10.1 Å². The summed E-state index contributed by atoms with van der Waals surface area (Å²) in [4.78, 5) is 21.0. The van der Waals surface area contributed by atoms with Crippen molar-refractivity contribution in [3.05, 3.63) is 33.9 Å². The molecule has 0 aliphatic rings. The van der Waals surface area contributed by atoms with Gasteiger partial charge in [0.05, 0.1) is 10.8 Å². The fourth-order valence-corrected chi connectivity index (χ4v) is 1.51. The van der Waals surface area contributed by atoms with Crippen molar-refractivity contribution in [1.29, 1.82) is 0 Å². The number of hydrogen-bond acceptors (Lipinski definition) is 4. The Labute approximate surface area is 91.3 Å². The lowest BCUT2D eigenvalue weighted by atomic mass is 9.95. The Bertz CT molecular complexity index is 429. The molecule has 0 aliphatic heterocycles. The highest BCUT2D eigenvalue weighted by Crippen LogP contribution is 2.31. The summed E-state index contributed by atoms with van der Waals surface area (Å²) >= 11 is 0. The number of phenolic OH excluding ortho intramolecular Hbond substituents is 1. The number of aromatic hydroxyl groups is 1. The summed E-state index contributed by atoms with van der Waals surface area (Å²) in [6.45, 7) is 1.62. The van der Waals surface area contributed by atoms with Crippen LogP contribution in [0.3, 0.4) is 0 Å². The van der Waals surface area contributed by atoms with Gasteiger partial charge >= 0.3 is 5.97 Å². The van der Waals surface area contributed by atoms with Crippen LogP contribution in [0.15, 0.2) is 18.2 Å². The number of phenols is 1. The standard InChI is InChI=1S/C10H11NO5/c1-2-7(10(13)14)8-5-6(12)3-4-9(8)11(15)16/h3-5,7,12H,2H2,1H3,(H,13,14). The van der Waals surface area contributed by atoms with Crippen LogP contribution >= 0.6 is 0 Å². The molecule has 6 heteroatoms. The SMILES string of the molecule is CCC(C(=O)O)c1cc(O)ccc1[N+](=O)[O-]. The van der Waals surface area contributed by atoms with Gasteiger partial charge in [-0.1, -0.05) is 6.92 Å². The number of nitro benzene ring substituents is 1. The zero-order chi connectivity index (χ0) is 12.3. The highest BCUT2D eigenvalue weighted by molar-refractivity contribution is 5.78. The summed E-state index contributed by atoms with van der Waals surface area (Å²) < 4.78 is 0. The molecule has 0 aromatic heterocycles. The lowest BCUT2D eigenvalue weighted by Crippen LogP contribution is -2.12. The Morgan fingerprint density at radius 3 is 2.62 bits per heavy atom. The van der Waals surface area contributed by atoms with Crippen molar-refractivity contribution in [2.24, 2.45) is 0 Å². The summed E-state index contributed by atoms with van der Waals surface area (Å²) in [6.07, 6.45) is 0.222. The molecule has 0 bridgehead atoms. The van der Waals surface area contributed by atoms with Crippen molar-refractivity contribution in [3.63, 3.8) is 0 Å². The van der Waals surface area contributed by atoms with E-state index in [1.165, 1.54) is 0 Å². The van der Waals surface area contributed by atoms with Gasteiger partial charge in [-0.15, -0.1) is 0 Å². The van der Waals surface area contributed by atoms with E-state index in [0.29, 0.717) is 0 Å². The highest BCUT2D eigenvalue weighted by Gasteiger charge is 2.26. The topological polar surface area (TPSA) is 101 Å². The number of nitro groups is 1. The molecule has 0 aliphatic carbocycles. The first-order valence-electron chi connectivity index (χ1n) is 4.67. The van der Waals surface area contributed by atoms with Crippen molar-refractivity contribution in [2.75, 3.05) is 0 Å². The van der Waals surface area contributed by atoms with Gasteiger partial charge in [0.2, 0.25) is 0 Å². The van der Waals surface area contributed by atoms with E-state index in [4.69, 9.17) is 5.11 Å². The second-order valence-corrected chi connectivity index (χ2v) is 3.30. The third-order valence-electron chi connectivity index (χ3n) is 2.29. The van der Waals surface area contributed by atoms with E-state index in [1.807, 2.05) is 0 Å². The van der Waals surface area contributed by atoms with Gasteiger partial charge in [0.15, 0.2) is 0 Å². The molecule has 0 fully saturated rings. The molecule has 0 saturated carbocycles. The van der Waals surface area contributed by atoms with E-state index in [2.05, 4.69) is 0 Å². The number of rotatable bonds is 4. The number of nitrogens with zero attached hydrogens (tertiary/aromatic N) is 1. The number of carboxylic acids is 1. The minimum absolute atomic E-state index is 0.0278. The normalized spacial score (nSPS) is 12.1. The van der Waals surface area contributed by atoms with E-state index in [9.17, 15) is 20.0 Å². The predicted molar refractivity (Wildman–Crippen MR) is 55.4 cm³/mol. The third kappa shape index (κ3) is 2.28. The first kappa shape index (κ1) is 12.0. The number of carboxylic acid groups (broad SMARTS) is 1. The highest BCUT2D eigenvalue weighted by atomic mass is 16.6. The van der Waals surface area contributed by atoms with E-state index in [-0.39, 0.29) is 23.4 Å². The van der Waals surface area contributed by atoms with Crippen LogP contribution in [0.5, 0.6) is 5.75 Å². The van der Waals surface area contributed by atoms with Crippen LogP contribution in [0.25, 0.3) is 0 Å². The van der Waals surface area contributed by atoms with Gasteiger partial charge in [-0.25, -0.2) is 0 Å². The van der Waals surface area contributed by atoms with Crippen molar-refractivity contribution in [3.8, 4) is 5.75 Å². The van der Waals surface area contributed by atoms with Crippen LogP contribution in [-0.4, -0.2) is 21.1 Å². The van der Waals surface area contributed by atoms with Crippen molar-refractivity contribution in [1.82, 2.24) is 0 Å². The summed E-state index contributed by atoms with van der Waals surface area (Å²) in [5.74, 6) is -2.30. The van der Waals surface area contributed by atoms with Crippen LogP contribution in [-0.2, 0) is 4.79 Å². The zero-order valence-electron chi connectivity index (χ0n) is 8.58. The third-order valence-corrected chi connectivity index (χ3v) is 2.29. The average Bonchev–Trinajstić information content (AvgIpc) is 2.17. The van der Waals surface area contributed by atoms with Gasteiger partial charge in [0.25, 0.3) is 5.69 Å². The minimum atomic E-state index is -1.14. The van der Waals surface area contributed by atoms with E-state index in [0.717, 1.165) is 18.2 Å². The molecule has 1 aromatic rings. The summed E-state index contributed by atoms with van der Waals surface area (Å²) in [6, 6.07) is 3.40. The molecule has 1 rings (SSSR count). The zero-order valence-corrected chi connectivity index (χ0v) is 8.58. The summed E-state index contributed by atoms with van der Waals surface area (Å²) in [5.41, 5.74) is -0.257. The predicted octanol–water partition coefficient (Wildman–Crippen LogP) is 1.88. The molecule has 2 N–H and O–H groups in total. The number of benzene rings is 1. The monoisotopic (exact) mass is 225 g/mol. The maximum Gasteiger partial charge on any atom is 0.311 e. The molecular weight excluding hydrogens is 214 g/mol. The van der Waals surface area contributed by atoms with Gasteiger partial charge in [0, 0.05) is 11.6 Å². The average molecular weight is 225 g/mol. The number of carbonyl (C=O) groups is 1. The molecule has 0 radical (unpaired) electrons. The van der Waals surface area contributed by atoms with Gasteiger partial charge < -0.3 is 10.2 Å². The first-order chi connectivity index (χ1) is 7.47. The Balaban J connectivity index is 3.33. The van der Waals surface area contributed by atoms with Gasteiger partial charge in [-0.2, -0.15) is 0 Å². The lowest BCUT2D eigenvalue weighted by molar-refractivity contribution is -0.385. The summed E-state index contributed by atoms with van der Waals surface area (Å²) in [5, 5.41) is 28.9. The van der Waals surface area contributed by atoms with Gasteiger partial charge in [0.1, 0.15) is 5.75 Å². The molecule has 0 spiro atoms. The Hall–Kier alpha value is -2.11. The molecule has 0 amide bonds. The molecule has 16 heavy (non-hydrogen) atoms. The first-order valence-corrected chi connectivity index (χ1v) is 4.67.